The van der Waals surface area contributed by atoms with Crippen molar-refractivity contribution in [3.8, 4) is 0 Å². The van der Waals surface area contributed by atoms with Gasteiger partial charge in [-0.2, -0.15) is 0 Å². The zero-order valence-electron chi connectivity index (χ0n) is 13.5. The normalized spacial score (nSPS) is 14.9. The average molecular weight is 371 g/mol. The van der Waals surface area contributed by atoms with E-state index in [1.165, 1.54) is 11.8 Å². The Morgan fingerprint density at radius 3 is 2.60 bits per heavy atom. The second-order valence-corrected chi connectivity index (χ2v) is 7.91. The fourth-order valence-corrected chi connectivity index (χ4v) is 4.71. The lowest BCUT2D eigenvalue weighted by Gasteiger charge is -2.34. The molecule has 1 saturated heterocycles. The molecule has 6 nitrogen and oxygen atoms in total. The summed E-state index contributed by atoms with van der Waals surface area (Å²) in [6, 6.07) is 9.86. The Hall–Kier alpha value is -2.19. The number of aromatic nitrogens is 3. The van der Waals surface area contributed by atoms with E-state index in [2.05, 4.69) is 25.9 Å². The monoisotopic (exact) mass is 371 g/mol. The molecular formula is C17H17N5OS2. The van der Waals surface area contributed by atoms with Gasteiger partial charge >= 0.3 is 0 Å². The Kier molecular flexibility index (Phi) is 4.80. The number of hydrogen-bond donors (Lipinski definition) is 0. The van der Waals surface area contributed by atoms with Gasteiger partial charge in [0.2, 0.25) is 11.9 Å². The number of carbonyl (C=O) groups is 1. The summed E-state index contributed by atoms with van der Waals surface area (Å²) >= 11 is 3.16. The van der Waals surface area contributed by atoms with E-state index in [4.69, 9.17) is 0 Å². The first-order valence-corrected chi connectivity index (χ1v) is 9.88. The van der Waals surface area contributed by atoms with Gasteiger partial charge in [-0.3, -0.25) is 4.79 Å². The molecule has 3 aromatic rings. The Labute approximate surface area is 153 Å². The summed E-state index contributed by atoms with van der Waals surface area (Å²) in [5, 5.41) is 0. The molecule has 1 aromatic carbocycles. The lowest BCUT2D eigenvalue weighted by Crippen LogP contribution is -2.49. The summed E-state index contributed by atoms with van der Waals surface area (Å²) in [5.41, 5.74) is 0.999. The van der Waals surface area contributed by atoms with Crippen molar-refractivity contribution in [2.24, 2.45) is 0 Å². The van der Waals surface area contributed by atoms with Gasteiger partial charge < -0.3 is 9.80 Å². The van der Waals surface area contributed by atoms with Crippen LogP contribution in [0.5, 0.6) is 0 Å². The number of hydrogen-bond acceptors (Lipinski definition) is 7. The van der Waals surface area contributed by atoms with E-state index < -0.39 is 0 Å². The number of para-hydroxylation sites is 1. The van der Waals surface area contributed by atoms with E-state index in [-0.39, 0.29) is 5.91 Å². The molecule has 1 amide bonds. The van der Waals surface area contributed by atoms with Crippen LogP contribution in [-0.4, -0.2) is 57.7 Å². The van der Waals surface area contributed by atoms with Gasteiger partial charge in [0.05, 0.1) is 16.0 Å². The van der Waals surface area contributed by atoms with Gasteiger partial charge in [-0.05, 0) is 18.2 Å². The maximum atomic E-state index is 12.5. The first-order valence-electron chi connectivity index (χ1n) is 8.08. The second kappa shape index (κ2) is 7.37. The Morgan fingerprint density at radius 2 is 1.84 bits per heavy atom. The molecule has 25 heavy (non-hydrogen) atoms. The number of benzene rings is 1. The van der Waals surface area contributed by atoms with Gasteiger partial charge in [-0.25, -0.2) is 15.0 Å². The molecule has 4 rings (SSSR count). The molecule has 0 unspecified atom stereocenters. The number of fused-ring (bicyclic) bond motifs is 1. The number of amides is 1. The van der Waals surface area contributed by atoms with Crippen LogP contribution in [0.25, 0.3) is 10.2 Å². The van der Waals surface area contributed by atoms with Gasteiger partial charge in [0.15, 0.2) is 4.34 Å². The number of anilines is 1. The fourth-order valence-electron chi connectivity index (χ4n) is 2.74. The average Bonchev–Trinajstić information content (AvgIpc) is 3.10. The topological polar surface area (TPSA) is 62.2 Å². The maximum Gasteiger partial charge on any atom is 0.233 e. The SMILES string of the molecule is O=C(CSc1nc2ccccc2s1)N1CCN(c2ncccn2)CC1. The van der Waals surface area contributed by atoms with Crippen LogP contribution >= 0.6 is 23.1 Å². The first-order chi connectivity index (χ1) is 12.3. The molecule has 8 heteroatoms. The molecule has 0 atom stereocenters. The van der Waals surface area contributed by atoms with E-state index in [1.807, 2.05) is 29.2 Å². The third kappa shape index (κ3) is 3.74. The van der Waals surface area contributed by atoms with Gasteiger partial charge in [0, 0.05) is 38.6 Å². The molecule has 0 spiro atoms. The first kappa shape index (κ1) is 16.3. The van der Waals surface area contributed by atoms with Crippen LogP contribution in [0, 0.1) is 0 Å². The molecule has 0 bridgehead atoms. The molecule has 1 aliphatic heterocycles. The molecule has 1 fully saturated rings. The van der Waals surface area contributed by atoms with Crippen molar-refractivity contribution in [2.75, 3.05) is 36.8 Å². The van der Waals surface area contributed by atoms with Crippen molar-refractivity contribution in [3.05, 3.63) is 42.7 Å². The van der Waals surface area contributed by atoms with Gasteiger partial charge in [0.25, 0.3) is 0 Å². The van der Waals surface area contributed by atoms with Crippen LogP contribution in [0.2, 0.25) is 0 Å². The fraction of sp³-hybridized carbons (Fsp3) is 0.294. The summed E-state index contributed by atoms with van der Waals surface area (Å²) in [4.78, 5) is 29.6. The van der Waals surface area contributed by atoms with Gasteiger partial charge in [-0.1, -0.05) is 23.9 Å². The van der Waals surface area contributed by atoms with E-state index in [1.54, 1.807) is 23.7 Å². The predicted octanol–water partition coefficient (Wildman–Crippen LogP) is 2.53. The highest BCUT2D eigenvalue weighted by atomic mass is 32.2. The lowest BCUT2D eigenvalue weighted by molar-refractivity contribution is -0.128. The lowest BCUT2D eigenvalue weighted by atomic mass is 10.3. The van der Waals surface area contributed by atoms with E-state index in [9.17, 15) is 4.79 Å². The molecular weight excluding hydrogens is 354 g/mol. The third-order valence-corrected chi connectivity index (χ3v) is 6.22. The Balaban J connectivity index is 1.30. The predicted molar refractivity (Wildman–Crippen MR) is 101 cm³/mol. The van der Waals surface area contributed by atoms with Crippen molar-refractivity contribution in [2.45, 2.75) is 4.34 Å². The standard InChI is InChI=1S/C17H17N5OS2/c23-15(12-24-17-20-13-4-1-2-5-14(13)25-17)21-8-10-22(11-9-21)16-18-6-3-7-19-16/h1-7H,8-12H2. The van der Waals surface area contributed by atoms with Crippen molar-refractivity contribution >= 4 is 45.2 Å². The quantitative estimate of drug-likeness (QED) is 0.657. The smallest absolute Gasteiger partial charge is 0.233 e. The zero-order valence-corrected chi connectivity index (χ0v) is 15.2. The largest absolute Gasteiger partial charge is 0.338 e. The van der Waals surface area contributed by atoms with Crippen LogP contribution in [0.1, 0.15) is 0 Å². The molecule has 2 aromatic heterocycles. The van der Waals surface area contributed by atoms with Crippen LogP contribution in [0.4, 0.5) is 5.95 Å². The molecule has 1 aliphatic rings. The minimum Gasteiger partial charge on any atom is -0.338 e. The van der Waals surface area contributed by atoms with Crippen LogP contribution in [0.3, 0.4) is 0 Å². The van der Waals surface area contributed by atoms with E-state index >= 15 is 0 Å². The van der Waals surface area contributed by atoms with Gasteiger partial charge in [0.1, 0.15) is 0 Å². The van der Waals surface area contributed by atoms with Crippen molar-refractivity contribution < 1.29 is 4.79 Å². The molecule has 0 saturated carbocycles. The minimum absolute atomic E-state index is 0.165. The number of thiazole rings is 1. The van der Waals surface area contributed by atoms with Crippen molar-refractivity contribution in [1.29, 1.82) is 0 Å². The third-order valence-electron chi connectivity index (χ3n) is 4.06. The summed E-state index contributed by atoms with van der Waals surface area (Å²) in [5.74, 6) is 1.33. The maximum absolute atomic E-state index is 12.5. The zero-order chi connectivity index (χ0) is 17.1. The highest BCUT2D eigenvalue weighted by Crippen LogP contribution is 2.29. The highest BCUT2D eigenvalue weighted by molar-refractivity contribution is 8.01. The number of carbonyl (C=O) groups excluding carboxylic acids is 1. The molecule has 0 aliphatic carbocycles. The number of nitrogens with zero attached hydrogens (tertiary/aromatic N) is 5. The summed E-state index contributed by atoms with van der Waals surface area (Å²) in [7, 11) is 0. The number of thioether (sulfide) groups is 1. The minimum atomic E-state index is 0.165. The van der Waals surface area contributed by atoms with Crippen LogP contribution in [0.15, 0.2) is 47.1 Å². The van der Waals surface area contributed by atoms with E-state index in [0.717, 1.165) is 33.6 Å². The van der Waals surface area contributed by atoms with Crippen LogP contribution in [-0.2, 0) is 4.79 Å². The summed E-state index contributed by atoms with van der Waals surface area (Å²) in [6.07, 6.45) is 3.49. The van der Waals surface area contributed by atoms with E-state index in [0.29, 0.717) is 18.8 Å². The number of piperazine rings is 1. The number of rotatable bonds is 4. The Morgan fingerprint density at radius 1 is 1.08 bits per heavy atom. The van der Waals surface area contributed by atoms with Crippen molar-refractivity contribution in [3.63, 3.8) is 0 Å². The van der Waals surface area contributed by atoms with Crippen molar-refractivity contribution in [1.82, 2.24) is 19.9 Å². The van der Waals surface area contributed by atoms with Gasteiger partial charge in [-0.15, -0.1) is 11.3 Å². The second-order valence-electron chi connectivity index (χ2n) is 5.65. The molecule has 3 heterocycles. The van der Waals surface area contributed by atoms with Crippen LogP contribution < -0.4 is 4.90 Å². The molecule has 0 N–H and O–H groups in total. The summed E-state index contributed by atoms with van der Waals surface area (Å²) < 4.78 is 2.11. The highest BCUT2D eigenvalue weighted by Gasteiger charge is 2.22. The molecule has 128 valence electrons. The molecule has 0 radical (unpaired) electrons. The Bertz CT molecular complexity index is 829. The summed E-state index contributed by atoms with van der Waals surface area (Å²) in [6.45, 7) is 2.94.